The Labute approximate surface area is 119 Å². The molecule has 1 aromatic rings. The molecule has 3 N–H and O–H groups in total. The van der Waals surface area contributed by atoms with Gasteiger partial charge in [0.1, 0.15) is 0 Å². The van der Waals surface area contributed by atoms with Crippen LogP contribution < -0.4 is 11.1 Å². The molecule has 0 aliphatic carbocycles. The van der Waals surface area contributed by atoms with Crippen molar-refractivity contribution in [2.45, 2.75) is 44.9 Å². The highest BCUT2D eigenvalue weighted by Gasteiger charge is 2.26. The van der Waals surface area contributed by atoms with Crippen LogP contribution in [0.2, 0.25) is 0 Å². The third-order valence-corrected chi connectivity index (χ3v) is 5.21. The van der Waals surface area contributed by atoms with Crippen molar-refractivity contribution < 1.29 is 4.79 Å². The first kappa shape index (κ1) is 15.9. The molecule has 0 saturated heterocycles. The number of nitrogens with zero attached hydrogens (tertiary/aromatic N) is 2. The van der Waals surface area contributed by atoms with Crippen molar-refractivity contribution in [1.82, 2.24) is 15.1 Å². The fraction of sp³-hybridized carbons (Fsp3) is 0.692. The maximum atomic E-state index is 12.1. The van der Waals surface area contributed by atoms with Crippen molar-refractivity contribution in [2.24, 2.45) is 0 Å². The van der Waals surface area contributed by atoms with Crippen molar-refractivity contribution in [3.63, 3.8) is 0 Å². The minimum atomic E-state index is -0.190. The van der Waals surface area contributed by atoms with E-state index >= 15 is 0 Å². The average molecular weight is 284 g/mol. The zero-order valence-corrected chi connectivity index (χ0v) is 13.0. The Hall–Kier alpha value is -1.17. The summed E-state index contributed by atoms with van der Waals surface area (Å²) in [7, 11) is 0. The van der Waals surface area contributed by atoms with Crippen LogP contribution in [0, 0.1) is 0 Å². The molecule has 0 aromatic carbocycles. The topological polar surface area (TPSA) is 72.9 Å². The van der Waals surface area contributed by atoms with Crippen LogP contribution in [0.1, 0.15) is 44.1 Å². The number of rotatable bonds is 7. The summed E-state index contributed by atoms with van der Waals surface area (Å²) in [6.07, 6.45) is 5.81. The van der Waals surface area contributed by atoms with Crippen LogP contribution in [0.25, 0.3) is 0 Å². The fourth-order valence-corrected chi connectivity index (χ4v) is 2.76. The van der Waals surface area contributed by atoms with Crippen molar-refractivity contribution >= 4 is 23.4 Å². The van der Waals surface area contributed by atoms with E-state index in [1.165, 1.54) is 0 Å². The molecule has 6 heteroatoms. The number of hydrogen-bond acceptors (Lipinski definition) is 4. The van der Waals surface area contributed by atoms with Gasteiger partial charge < -0.3 is 11.1 Å². The molecule has 0 fully saturated rings. The lowest BCUT2D eigenvalue weighted by Crippen LogP contribution is -2.40. The van der Waals surface area contributed by atoms with Gasteiger partial charge in [-0.3, -0.25) is 9.48 Å². The molecule has 1 heterocycles. The molecular weight excluding hydrogens is 260 g/mol. The van der Waals surface area contributed by atoms with E-state index in [-0.39, 0.29) is 10.7 Å². The number of thioether (sulfide) groups is 1. The van der Waals surface area contributed by atoms with E-state index in [4.69, 9.17) is 5.73 Å². The number of nitrogen functional groups attached to an aromatic ring is 1. The molecule has 0 unspecified atom stereocenters. The van der Waals surface area contributed by atoms with Crippen LogP contribution in [0.4, 0.5) is 5.69 Å². The minimum absolute atomic E-state index is 0.0950. The first-order valence-corrected chi connectivity index (χ1v) is 7.90. The van der Waals surface area contributed by atoms with Gasteiger partial charge in [0.25, 0.3) is 5.91 Å². The molecule has 0 aliphatic heterocycles. The standard InChI is InChI=1S/C13H24N4OS/c1-5-13(6-2,19-4)9-15-12(18)11-10(14)8-17(7-3)16-11/h8H,5-7,9,14H2,1-4H3,(H,15,18). The SMILES string of the molecule is CCn1cc(N)c(C(=O)NCC(CC)(CC)SC)n1. The molecule has 0 atom stereocenters. The first-order valence-electron chi connectivity index (χ1n) is 6.68. The number of hydrogen-bond donors (Lipinski definition) is 2. The molecule has 5 nitrogen and oxygen atoms in total. The normalized spacial score (nSPS) is 11.6. The highest BCUT2D eigenvalue weighted by Crippen LogP contribution is 2.29. The van der Waals surface area contributed by atoms with Gasteiger partial charge in [0.05, 0.1) is 5.69 Å². The number of amides is 1. The highest BCUT2D eigenvalue weighted by atomic mass is 32.2. The second-order valence-electron chi connectivity index (χ2n) is 4.57. The molecule has 108 valence electrons. The number of nitrogens with two attached hydrogens (primary N) is 1. The Morgan fingerprint density at radius 1 is 1.47 bits per heavy atom. The molecule has 1 aromatic heterocycles. The zero-order valence-electron chi connectivity index (χ0n) is 12.2. The Bertz CT molecular complexity index is 418. The van der Waals surface area contributed by atoms with E-state index in [0.29, 0.717) is 24.5 Å². The third-order valence-electron chi connectivity index (χ3n) is 3.62. The van der Waals surface area contributed by atoms with E-state index in [2.05, 4.69) is 30.5 Å². The summed E-state index contributed by atoms with van der Waals surface area (Å²) < 4.78 is 1.77. The van der Waals surface area contributed by atoms with E-state index < -0.39 is 0 Å². The number of nitrogens with one attached hydrogen (secondary N) is 1. The van der Waals surface area contributed by atoms with Gasteiger partial charge >= 0.3 is 0 Å². The van der Waals surface area contributed by atoms with Gasteiger partial charge in [0, 0.05) is 24.0 Å². The van der Waals surface area contributed by atoms with Crippen LogP contribution in [0.5, 0.6) is 0 Å². The summed E-state index contributed by atoms with van der Waals surface area (Å²) in [5.74, 6) is -0.190. The van der Waals surface area contributed by atoms with Gasteiger partial charge in [-0.2, -0.15) is 16.9 Å². The average Bonchev–Trinajstić information content (AvgIpc) is 2.82. The molecule has 1 rings (SSSR count). The predicted octanol–water partition coefficient (Wildman–Crippen LogP) is 2.14. The summed E-state index contributed by atoms with van der Waals surface area (Å²) >= 11 is 1.80. The lowest BCUT2D eigenvalue weighted by Gasteiger charge is -2.29. The quantitative estimate of drug-likeness (QED) is 0.804. The molecular formula is C13H24N4OS. The summed E-state index contributed by atoms with van der Waals surface area (Å²) in [4.78, 5) is 12.1. The van der Waals surface area contributed by atoms with Crippen molar-refractivity contribution in [2.75, 3.05) is 18.5 Å². The molecule has 0 radical (unpaired) electrons. The third kappa shape index (κ3) is 3.65. The molecule has 1 amide bonds. The monoisotopic (exact) mass is 284 g/mol. The Morgan fingerprint density at radius 3 is 2.53 bits per heavy atom. The van der Waals surface area contributed by atoms with Gasteiger partial charge in [0.15, 0.2) is 5.69 Å². The first-order chi connectivity index (χ1) is 9.01. The molecule has 0 aliphatic rings. The van der Waals surface area contributed by atoms with Crippen molar-refractivity contribution in [3.05, 3.63) is 11.9 Å². The number of aryl methyl sites for hydroxylation is 1. The van der Waals surface area contributed by atoms with Crippen LogP contribution in [0.3, 0.4) is 0 Å². The summed E-state index contributed by atoms with van der Waals surface area (Å²) in [6, 6.07) is 0. The van der Waals surface area contributed by atoms with Crippen molar-refractivity contribution in [3.8, 4) is 0 Å². The molecule has 19 heavy (non-hydrogen) atoms. The van der Waals surface area contributed by atoms with E-state index in [0.717, 1.165) is 12.8 Å². The van der Waals surface area contributed by atoms with Crippen LogP contribution in [0.15, 0.2) is 6.20 Å². The zero-order chi connectivity index (χ0) is 14.5. The van der Waals surface area contributed by atoms with E-state index in [1.54, 1.807) is 22.6 Å². The van der Waals surface area contributed by atoms with Gasteiger partial charge in [-0.15, -0.1) is 0 Å². The van der Waals surface area contributed by atoms with Gasteiger partial charge in [-0.25, -0.2) is 0 Å². The molecule has 0 bridgehead atoms. The van der Waals surface area contributed by atoms with Gasteiger partial charge in [-0.1, -0.05) is 13.8 Å². The fourth-order valence-electron chi connectivity index (χ4n) is 1.96. The maximum absolute atomic E-state index is 12.1. The predicted molar refractivity (Wildman–Crippen MR) is 81.5 cm³/mol. The Balaban J connectivity index is 2.71. The lowest BCUT2D eigenvalue weighted by atomic mass is 10.0. The number of carbonyl (C=O) groups is 1. The molecule has 0 saturated carbocycles. The van der Waals surface area contributed by atoms with E-state index in [9.17, 15) is 4.79 Å². The second kappa shape index (κ2) is 6.84. The molecule has 0 spiro atoms. The van der Waals surface area contributed by atoms with Crippen LogP contribution in [-0.2, 0) is 6.54 Å². The lowest BCUT2D eigenvalue weighted by molar-refractivity contribution is 0.0944. The number of aromatic nitrogens is 2. The minimum Gasteiger partial charge on any atom is -0.396 e. The second-order valence-corrected chi connectivity index (χ2v) is 5.84. The van der Waals surface area contributed by atoms with Gasteiger partial charge in [-0.05, 0) is 26.0 Å². The van der Waals surface area contributed by atoms with Crippen LogP contribution in [-0.4, -0.2) is 33.2 Å². The Kier molecular flexibility index (Phi) is 5.72. The summed E-state index contributed by atoms with van der Waals surface area (Å²) in [5, 5.41) is 7.13. The van der Waals surface area contributed by atoms with Gasteiger partial charge in [0.2, 0.25) is 0 Å². The summed E-state index contributed by atoms with van der Waals surface area (Å²) in [5.41, 5.74) is 6.56. The number of anilines is 1. The maximum Gasteiger partial charge on any atom is 0.273 e. The smallest absolute Gasteiger partial charge is 0.273 e. The van der Waals surface area contributed by atoms with E-state index in [1.807, 2.05) is 6.92 Å². The van der Waals surface area contributed by atoms with Crippen molar-refractivity contribution in [1.29, 1.82) is 0 Å². The van der Waals surface area contributed by atoms with Crippen LogP contribution >= 0.6 is 11.8 Å². The summed E-state index contributed by atoms with van der Waals surface area (Å²) in [6.45, 7) is 7.59. The highest BCUT2D eigenvalue weighted by molar-refractivity contribution is 8.00. The number of carbonyl (C=O) groups excluding carboxylic acids is 1. The Morgan fingerprint density at radius 2 is 2.11 bits per heavy atom. The largest absolute Gasteiger partial charge is 0.396 e.